The Bertz CT molecular complexity index is 857. The lowest BCUT2D eigenvalue weighted by atomic mass is 10.2. The molecule has 1 aromatic heterocycles. The van der Waals surface area contributed by atoms with Crippen LogP contribution in [0.5, 0.6) is 5.75 Å². The average Bonchev–Trinajstić information content (AvgIpc) is 2.58. The van der Waals surface area contributed by atoms with Crippen molar-refractivity contribution in [3.63, 3.8) is 0 Å². The minimum atomic E-state index is -0.00855. The van der Waals surface area contributed by atoms with Crippen molar-refractivity contribution in [1.82, 2.24) is 9.55 Å². The molecule has 5 heteroatoms. The van der Waals surface area contributed by atoms with Crippen molar-refractivity contribution >= 4 is 22.7 Å². The summed E-state index contributed by atoms with van der Waals surface area (Å²) in [4.78, 5) is 17.3. The highest BCUT2D eigenvalue weighted by molar-refractivity contribution is 7.98. The third kappa shape index (κ3) is 2.72. The van der Waals surface area contributed by atoms with Crippen LogP contribution in [0.1, 0.15) is 5.56 Å². The van der Waals surface area contributed by atoms with Gasteiger partial charge in [0.15, 0.2) is 5.16 Å². The van der Waals surface area contributed by atoms with Gasteiger partial charge in [-0.3, -0.25) is 9.36 Å². The standard InChI is InChI=1S/C17H16N2O2S/c1-21-13-9-7-12(8-10-13)11-19-16(20)14-5-3-4-6-15(14)18-17(19)22-2/h3-10H,11H2,1-2H3. The van der Waals surface area contributed by atoms with E-state index in [0.29, 0.717) is 11.9 Å². The van der Waals surface area contributed by atoms with Gasteiger partial charge >= 0.3 is 0 Å². The van der Waals surface area contributed by atoms with E-state index in [9.17, 15) is 4.79 Å². The first-order valence-electron chi connectivity index (χ1n) is 6.89. The summed E-state index contributed by atoms with van der Waals surface area (Å²) >= 11 is 1.48. The lowest BCUT2D eigenvalue weighted by Gasteiger charge is -2.12. The molecule has 0 aliphatic heterocycles. The van der Waals surface area contributed by atoms with Crippen LogP contribution in [0.2, 0.25) is 0 Å². The van der Waals surface area contributed by atoms with Crippen molar-refractivity contribution in [2.45, 2.75) is 11.7 Å². The zero-order valence-electron chi connectivity index (χ0n) is 12.4. The van der Waals surface area contributed by atoms with E-state index in [-0.39, 0.29) is 5.56 Å². The van der Waals surface area contributed by atoms with E-state index in [2.05, 4.69) is 4.98 Å². The molecule has 22 heavy (non-hydrogen) atoms. The summed E-state index contributed by atoms with van der Waals surface area (Å²) in [6.07, 6.45) is 1.93. The third-order valence-electron chi connectivity index (χ3n) is 3.51. The van der Waals surface area contributed by atoms with Crippen LogP contribution in [0, 0.1) is 0 Å². The number of ether oxygens (including phenoxy) is 1. The molecule has 0 aliphatic rings. The maximum Gasteiger partial charge on any atom is 0.262 e. The molecule has 0 spiro atoms. The van der Waals surface area contributed by atoms with Crippen molar-refractivity contribution < 1.29 is 4.74 Å². The predicted octanol–water partition coefficient (Wildman–Crippen LogP) is 3.18. The quantitative estimate of drug-likeness (QED) is 0.548. The number of nitrogens with zero attached hydrogens (tertiary/aromatic N) is 2. The van der Waals surface area contributed by atoms with Crippen LogP contribution in [0.4, 0.5) is 0 Å². The number of hydrogen-bond acceptors (Lipinski definition) is 4. The van der Waals surface area contributed by atoms with Gasteiger partial charge in [-0.15, -0.1) is 0 Å². The number of rotatable bonds is 4. The van der Waals surface area contributed by atoms with Gasteiger partial charge in [-0.2, -0.15) is 0 Å². The molecule has 0 saturated carbocycles. The van der Waals surface area contributed by atoms with E-state index in [0.717, 1.165) is 22.0 Å². The third-order valence-corrected chi connectivity index (χ3v) is 4.19. The van der Waals surface area contributed by atoms with Gasteiger partial charge in [0.1, 0.15) is 5.75 Å². The molecule has 0 atom stereocenters. The molecule has 0 N–H and O–H groups in total. The van der Waals surface area contributed by atoms with E-state index in [1.165, 1.54) is 11.8 Å². The predicted molar refractivity (Wildman–Crippen MR) is 89.9 cm³/mol. The Morgan fingerprint density at radius 1 is 1.14 bits per heavy atom. The first-order valence-corrected chi connectivity index (χ1v) is 8.12. The van der Waals surface area contributed by atoms with Crippen LogP contribution in [-0.2, 0) is 6.54 Å². The van der Waals surface area contributed by atoms with Gasteiger partial charge in [0.05, 0.1) is 24.6 Å². The van der Waals surface area contributed by atoms with Gasteiger partial charge in [0.2, 0.25) is 0 Å². The van der Waals surface area contributed by atoms with E-state index < -0.39 is 0 Å². The Morgan fingerprint density at radius 3 is 2.55 bits per heavy atom. The largest absolute Gasteiger partial charge is 0.497 e. The topological polar surface area (TPSA) is 44.1 Å². The highest BCUT2D eigenvalue weighted by Gasteiger charge is 2.10. The Labute approximate surface area is 132 Å². The maximum atomic E-state index is 12.7. The number of benzene rings is 2. The van der Waals surface area contributed by atoms with Gasteiger partial charge in [-0.25, -0.2) is 4.98 Å². The normalized spacial score (nSPS) is 10.8. The van der Waals surface area contributed by atoms with Crippen LogP contribution >= 0.6 is 11.8 Å². The summed E-state index contributed by atoms with van der Waals surface area (Å²) in [5, 5.41) is 1.37. The molecule has 0 amide bonds. The van der Waals surface area contributed by atoms with E-state index in [4.69, 9.17) is 4.74 Å². The van der Waals surface area contributed by atoms with Crippen molar-refractivity contribution in [1.29, 1.82) is 0 Å². The summed E-state index contributed by atoms with van der Waals surface area (Å²) in [5.74, 6) is 0.804. The molecule has 0 fully saturated rings. The molecule has 3 aromatic rings. The second-order valence-electron chi connectivity index (χ2n) is 4.86. The number of para-hydroxylation sites is 1. The SMILES string of the molecule is COc1ccc(Cn2c(SC)nc3ccccc3c2=O)cc1. The van der Waals surface area contributed by atoms with Crippen LogP contribution in [0.3, 0.4) is 0 Å². The van der Waals surface area contributed by atoms with Gasteiger partial charge in [0.25, 0.3) is 5.56 Å². The Morgan fingerprint density at radius 2 is 1.86 bits per heavy atom. The zero-order valence-corrected chi connectivity index (χ0v) is 13.3. The fourth-order valence-electron chi connectivity index (χ4n) is 2.36. The summed E-state index contributed by atoms with van der Waals surface area (Å²) < 4.78 is 6.88. The minimum Gasteiger partial charge on any atom is -0.497 e. The zero-order chi connectivity index (χ0) is 15.5. The molecule has 1 heterocycles. The van der Waals surface area contributed by atoms with Crippen LogP contribution in [-0.4, -0.2) is 22.9 Å². The first kappa shape index (κ1) is 14.7. The maximum absolute atomic E-state index is 12.7. The van der Waals surface area contributed by atoms with E-state index >= 15 is 0 Å². The number of aromatic nitrogens is 2. The Balaban J connectivity index is 2.08. The molecule has 0 saturated heterocycles. The number of fused-ring (bicyclic) bond motifs is 1. The van der Waals surface area contributed by atoms with Gasteiger partial charge in [0, 0.05) is 0 Å². The van der Waals surface area contributed by atoms with Crippen molar-refractivity contribution in [3.05, 3.63) is 64.4 Å². The van der Waals surface area contributed by atoms with Crippen LogP contribution in [0.25, 0.3) is 10.9 Å². The van der Waals surface area contributed by atoms with Gasteiger partial charge in [-0.1, -0.05) is 36.0 Å². The smallest absolute Gasteiger partial charge is 0.262 e. The molecule has 112 valence electrons. The fourth-order valence-corrected chi connectivity index (χ4v) is 2.91. The fraction of sp³-hybridized carbons (Fsp3) is 0.176. The molecule has 0 radical (unpaired) electrons. The second-order valence-corrected chi connectivity index (χ2v) is 5.63. The highest BCUT2D eigenvalue weighted by atomic mass is 32.2. The number of hydrogen-bond donors (Lipinski definition) is 0. The van der Waals surface area contributed by atoms with Gasteiger partial charge in [-0.05, 0) is 36.1 Å². The molecule has 0 aliphatic carbocycles. The lowest BCUT2D eigenvalue weighted by Crippen LogP contribution is -2.23. The van der Waals surface area contributed by atoms with E-state index in [1.54, 1.807) is 11.7 Å². The molecular weight excluding hydrogens is 296 g/mol. The summed E-state index contributed by atoms with van der Waals surface area (Å²) in [6, 6.07) is 15.2. The summed E-state index contributed by atoms with van der Waals surface area (Å²) in [6.45, 7) is 0.497. The van der Waals surface area contributed by atoms with E-state index in [1.807, 2.05) is 54.8 Å². The number of thioether (sulfide) groups is 1. The molecule has 2 aromatic carbocycles. The molecule has 0 unspecified atom stereocenters. The van der Waals surface area contributed by atoms with Crippen molar-refractivity contribution in [3.8, 4) is 5.75 Å². The molecule has 4 nitrogen and oxygen atoms in total. The molecule has 3 rings (SSSR count). The Kier molecular flexibility index (Phi) is 4.15. The Hall–Kier alpha value is -2.27. The first-order chi connectivity index (χ1) is 10.7. The summed E-state index contributed by atoms with van der Waals surface area (Å²) in [5.41, 5.74) is 1.77. The van der Waals surface area contributed by atoms with Crippen LogP contribution < -0.4 is 10.3 Å². The van der Waals surface area contributed by atoms with Crippen molar-refractivity contribution in [2.75, 3.05) is 13.4 Å². The highest BCUT2D eigenvalue weighted by Crippen LogP contribution is 2.17. The van der Waals surface area contributed by atoms with Crippen molar-refractivity contribution in [2.24, 2.45) is 0 Å². The minimum absolute atomic E-state index is 0.00855. The molecular formula is C17H16N2O2S. The molecule has 0 bridgehead atoms. The second kappa shape index (κ2) is 6.23. The van der Waals surface area contributed by atoms with Gasteiger partial charge < -0.3 is 4.74 Å². The monoisotopic (exact) mass is 312 g/mol. The lowest BCUT2D eigenvalue weighted by molar-refractivity contribution is 0.414. The summed E-state index contributed by atoms with van der Waals surface area (Å²) in [7, 11) is 1.64. The van der Waals surface area contributed by atoms with Crippen LogP contribution in [0.15, 0.2) is 58.5 Å². The average molecular weight is 312 g/mol. The number of methoxy groups -OCH3 is 1.